The van der Waals surface area contributed by atoms with Crippen molar-refractivity contribution in [3.8, 4) is 0 Å². The number of sulfonamides is 1. The molecule has 150 valence electrons. The third kappa shape index (κ3) is 4.42. The number of morpholine rings is 1. The van der Waals surface area contributed by atoms with Crippen molar-refractivity contribution in [3.63, 3.8) is 0 Å². The molecule has 2 atom stereocenters. The minimum Gasteiger partial charge on any atom is -0.370 e. The third-order valence-corrected chi connectivity index (χ3v) is 7.29. The monoisotopic (exact) mass is 407 g/mol. The Balaban J connectivity index is 1.67. The molecule has 0 bridgehead atoms. The molecule has 0 aromatic heterocycles. The normalized spacial score (nSPS) is 20.4. The van der Waals surface area contributed by atoms with Gasteiger partial charge in [-0.1, -0.05) is 78.4 Å². The molecule has 4 nitrogen and oxygen atoms in total. The molecule has 0 amide bonds. The largest absolute Gasteiger partial charge is 0.370 e. The molecule has 4 rings (SSSR count). The Labute approximate surface area is 172 Å². The quantitative estimate of drug-likeness (QED) is 0.631. The second-order valence-corrected chi connectivity index (χ2v) is 9.35. The number of ether oxygens (including phenoxy) is 1. The van der Waals surface area contributed by atoms with E-state index in [2.05, 4.69) is 0 Å². The number of aryl methyl sites for hydroxylation is 1. The smallest absolute Gasteiger partial charge is 0.243 e. The first kappa shape index (κ1) is 19.8. The van der Waals surface area contributed by atoms with Gasteiger partial charge in [-0.15, -0.1) is 0 Å². The van der Waals surface area contributed by atoms with Crippen molar-refractivity contribution in [1.29, 1.82) is 0 Å². The van der Waals surface area contributed by atoms with E-state index in [1.54, 1.807) is 16.4 Å². The molecule has 5 heteroatoms. The van der Waals surface area contributed by atoms with Crippen LogP contribution in [-0.4, -0.2) is 31.9 Å². The lowest BCUT2D eigenvalue weighted by Gasteiger charge is -2.39. The zero-order valence-corrected chi connectivity index (χ0v) is 17.3. The molecule has 0 aliphatic carbocycles. The Kier molecular flexibility index (Phi) is 5.81. The highest BCUT2D eigenvalue weighted by Crippen LogP contribution is 2.31. The minimum absolute atomic E-state index is 0.247. The first-order chi connectivity index (χ1) is 14.0. The van der Waals surface area contributed by atoms with Crippen LogP contribution >= 0.6 is 0 Å². The summed E-state index contributed by atoms with van der Waals surface area (Å²) >= 11 is 0. The van der Waals surface area contributed by atoms with Crippen LogP contribution in [0.3, 0.4) is 0 Å². The van der Waals surface area contributed by atoms with E-state index in [0.717, 1.165) is 16.7 Å². The van der Waals surface area contributed by atoms with E-state index in [1.165, 1.54) is 0 Å². The molecular formula is C24H25NO3S. The van der Waals surface area contributed by atoms with Crippen LogP contribution in [0, 0.1) is 6.92 Å². The molecule has 1 aliphatic heterocycles. The summed E-state index contributed by atoms with van der Waals surface area (Å²) in [7, 11) is -3.64. The van der Waals surface area contributed by atoms with Gasteiger partial charge in [0.25, 0.3) is 0 Å². The molecule has 1 aliphatic rings. The highest BCUT2D eigenvalue weighted by Gasteiger charge is 2.38. The van der Waals surface area contributed by atoms with Crippen molar-refractivity contribution < 1.29 is 13.2 Å². The Bertz CT molecular complexity index is 1030. The van der Waals surface area contributed by atoms with Gasteiger partial charge in [-0.05, 0) is 36.6 Å². The lowest BCUT2D eigenvalue weighted by molar-refractivity contribution is -0.0335. The Morgan fingerprint density at radius 1 is 0.897 bits per heavy atom. The molecule has 0 unspecified atom stereocenters. The van der Waals surface area contributed by atoms with Gasteiger partial charge in [0.2, 0.25) is 10.0 Å². The van der Waals surface area contributed by atoms with E-state index >= 15 is 0 Å². The van der Waals surface area contributed by atoms with Gasteiger partial charge < -0.3 is 4.74 Å². The standard InChI is InChI=1S/C24H25NO3S/c1-19-12-14-23(15-13-19)29(26,27)25-17-24(21-10-6-3-7-11-21)28-18-22(25)16-20-8-4-2-5-9-20/h2-15,22,24H,16-18H2,1H3/t22-,24-/m0/s1. The summed E-state index contributed by atoms with van der Waals surface area (Å²) in [5, 5.41) is 0. The van der Waals surface area contributed by atoms with Crippen LogP contribution in [0.2, 0.25) is 0 Å². The zero-order chi connectivity index (χ0) is 20.3. The Hall–Kier alpha value is -2.47. The molecule has 1 saturated heterocycles. The van der Waals surface area contributed by atoms with Crippen LogP contribution in [-0.2, 0) is 21.2 Å². The molecule has 0 saturated carbocycles. The average molecular weight is 408 g/mol. The maximum atomic E-state index is 13.5. The lowest BCUT2D eigenvalue weighted by atomic mass is 10.0. The van der Waals surface area contributed by atoms with Gasteiger partial charge in [-0.3, -0.25) is 0 Å². The fraction of sp³-hybridized carbons (Fsp3) is 0.250. The maximum Gasteiger partial charge on any atom is 0.243 e. The molecule has 0 spiro atoms. The highest BCUT2D eigenvalue weighted by molar-refractivity contribution is 7.89. The predicted octanol–water partition coefficient (Wildman–Crippen LogP) is 4.37. The molecule has 3 aromatic rings. The van der Waals surface area contributed by atoms with Crippen molar-refractivity contribution >= 4 is 10.0 Å². The number of nitrogens with zero attached hydrogens (tertiary/aromatic N) is 1. The van der Waals surface area contributed by atoms with Crippen molar-refractivity contribution in [2.75, 3.05) is 13.2 Å². The SMILES string of the molecule is Cc1ccc(S(=O)(=O)N2C[C@@H](c3ccccc3)OC[C@@H]2Cc2ccccc2)cc1. The maximum absolute atomic E-state index is 13.5. The minimum atomic E-state index is -3.64. The summed E-state index contributed by atoms with van der Waals surface area (Å²) in [4.78, 5) is 0.329. The van der Waals surface area contributed by atoms with Gasteiger partial charge >= 0.3 is 0 Å². The molecule has 0 radical (unpaired) electrons. The van der Waals surface area contributed by atoms with Crippen LogP contribution in [0.15, 0.2) is 89.8 Å². The van der Waals surface area contributed by atoms with Crippen LogP contribution in [0.25, 0.3) is 0 Å². The highest BCUT2D eigenvalue weighted by atomic mass is 32.2. The van der Waals surface area contributed by atoms with E-state index in [1.807, 2.05) is 79.7 Å². The second-order valence-electron chi connectivity index (χ2n) is 7.46. The summed E-state index contributed by atoms with van der Waals surface area (Å²) in [6, 6.07) is 26.6. The summed E-state index contributed by atoms with van der Waals surface area (Å²) < 4.78 is 34.8. The van der Waals surface area contributed by atoms with Gasteiger partial charge in [-0.25, -0.2) is 8.42 Å². The number of hydrogen-bond acceptors (Lipinski definition) is 3. The zero-order valence-electron chi connectivity index (χ0n) is 16.4. The van der Waals surface area contributed by atoms with Crippen molar-refractivity contribution in [1.82, 2.24) is 4.31 Å². The molecule has 1 fully saturated rings. The molecule has 1 heterocycles. The summed E-state index contributed by atoms with van der Waals surface area (Å²) in [5.41, 5.74) is 3.13. The Morgan fingerprint density at radius 3 is 2.17 bits per heavy atom. The summed E-state index contributed by atoms with van der Waals surface area (Å²) in [6.45, 7) is 2.62. The van der Waals surface area contributed by atoms with Crippen LogP contribution in [0.5, 0.6) is 0 Å². The number of benzene rings is 3. The van der Waals surface area contributed by atoms with E-state index < -0.39 is 10.0 Å². The fourth-order valence-corrected chi connectivity index (χ4v) is 5.34. The van der Waals surface area contributed by atoms with Gasteiger partial charge in [-0.2, -0.15) is 4.31 Å². The van der Waals surface area contributed by atoms with E-state index in [9.17, 15) is 8.42 Å². The van der Waals surface area contributed by atoms with E-state index in [-0.39, 0.29) is 12.1 Å². The van der Waals surface area contributed by atoms with E-state index in [0.29, 0.717) is 24.5 Å². The van der Waals surface area contributed by atoms with Crippen molar-refractivity contribution in [2.45, 2.75) is 30.4 Å². The van der Waals surface area contributed by atoms with Crippen LogP contribution in [0.1, 0.15) is 22.8 Å². The van der Waals surface area contributed by atoms with Crippen LogP contribution < -0.4 is 0 Å². The van der Waals surface area contributed by atoms with Crippen molar-refractivity contribution in [2.24, 2.45) is 0 Å². The van der Waals surface area contributed by atoms with E-state index in [4.69, 9.17) is 4.74 Å². The summed E-state index contributed by atoms with van der Waals surface area (Å²) in [5.74, 6) is 0. The summed E-state index contributed by atoms with van der Waals surface area (Å²) in [6.07, 6.45) is 0.344. The molecular weight excluding hydrogens is 382 g/mol. The van der Waals surface area contributed by atoms with Gasteiger partial charge in [0, 0.05) is 6.54 Å². The number of hydrogen-bond donors (Lipinski definition) is 0. The topological polar surface area (TPSA) is 46.6 Å². The van der Waals surface area contributed by atoms with Crippen molar-refractivity contribution in [3.05, 3.63) is 102 Å². The van der Waals surface area contributed by atoms with Gasteiger partial charge in [0.05, 0.1) is 23.6 Å². The average Bonchev–Trinajstić information content (AvgIpc) is 2.75. The van der Waals surface area contributed by atoms with Gasteiger partial charge in [0.1, 0.15) is 0 Å². The first-order valence-electron chi connectivity index (χ1n) is 9.83. The Morgan fingerprint density at radius 2 is 1.52 bits per heavy atom. The van der Waals surface area contributed by atoms with Crippen LogP contribution in [0.4, 0.5) is 0 Å². The molecule has 3 aromatic carbocycles. The fourth-order valence-electron chi connectivity index (χ4n) is 3.73. The van der Waals surface area contributed by atoms with Gasteiger partial charge in [0.15, 0.2) is 0 Å². The molecule has 0 N–H and O–H groups in total. The lowest BCUT2D eigenvalue weighted by Crippen LogP contribution is -2.50. The second kappa shape index (κ2) is 8.49. The first-order valence-corrected chi connectivity index (χ1v) is 11.3. The third-order valence-electron chi connectivity index (χ3n) is 5.36. The number of rotatable bonds is 5. The molecule has 29 heavy (non-hydrogen) atoms. The predicted molar refractivity (Wildman–Crippen MR) is 114 cm³/mol.